The minimum absolute atomic E-state index is 0.738. The van der Waals surface area contributed by atoms with Crippen molar-refractivity contribution in [3.63, 3.8) is 0 Å². The van der Waals surface area contributed by atoms with E-state index in [0.29, 0.717) is 0 Å². The number of hydrogen-bond acceptors (Lipinski definition) is 3. The van der Waals surface area contributed by atoms with E-state index in [1.54, 1.807) is 23.1 Å². The van der Waals surface area contributed by atoms with Crippen LogP contribution in [0.5, 0.6) is 0 Å². The van der Waals surface area contributed by atoms with Crippen LogP contribution >= 0.6 is 46.3 Å². The topological polar surface area (TPSA) is 12.9 Å². The number of aromatic nitrogens is 1. The predicted octanol–water partition coefficient (Wildman–Crippen LogP) is 6.41. The number of hydrogen-bond donors (Lipinski definition) is 0. The van der Waals surface area contributed by atoms with Crippen LogP contribution in [-0.4, -0.2) is 4.98 Å². The Bertz CT molecular complexity index is 738. The molecule has 3 aromatic rings. The predicted molar refractivity (Wildman–Crippen MR) is 93.6 cm³/mol. The van der Waals surface area contributed by atoms with Crippen LogP contribution in [0.15, 0.2) is 58.3 Å². The van der Waals surface area contributed by atoms with Crippen molar-refractivity contribution >= 4 is 46.3 Å². The summed E-state index contributed by atoms with van der Waals surface area (Å²) in [5, 5.41) is 3.61. The Hall–Kier alpha value is -1.00. The molecule has 0 unspecified atom stereocenters. The van der Waals surface area contributed by atoms with Gasteiger partial charge < -0.3 is 0 Å². The number of benzene rings is 2. The molecule has 21 heavy (non-hydrogen) atoms. The molecule has 0 amide bonds. The average Bonchev–Trinajstić information content (AvgIpc) is 2.96. The highest BCUT2D eigenvalue weighted by atomic mass is 35.5. The van der Waals surface area contributed by atoms with Gasteiger partial charge in [-0.2, -0.15) is 0 Å². The van der Waals surface area contributed by atoms with Crippen molar-refractivity contribution in [3.8, 4) is 11.3 Å². The average molecular weight is 352 g/mol. The highest BCUT2D eigenvalue weighted by Gasteiger charge is 2.06. The van der Waals surface area contributed by atoms with Crippen molar-refractivity contribution in [2.24, 2.45) is 0 Å². The summed E-state index contributed by atoms with van der Waals surface area (Å²) in [5.74, 6) is 0.827. The van der Waals surface area contributed by atoms with Gasteiger partial charge in [0.2, 0.25) is 0 Å². The third-order valence-corrected chi connectivity index (χ3v) is 5.62. The molecule has 0 spiro atoms. The molecule has 0 saturated heterocycles. The van der Waals surface area contributed by atoms with E-state index in [2.05, 4.69) is 10.4 Å². The lowest BCUT2D eigenvalue weighted by atomic mass is 10.2. The molecule has 1 heterocycles. The van der Waals surface area contributed by atoms with Crippen molar-refractivity contribution < 1.29 is 0 Å². The first-order valence-electron chi connectivity index (χ1n) is 6.30. The lowest BCUT2D eigenvalue weighted by Gasteiger charge is -2.01. The van der Waals surface area contributed by atoms with Gasteiger partial charge in [0.05, 0.1) is 5.69 Å². The Morgan fingerprint density at radius 1 is 1.00 bits per heavy atom. The number of rotatable bonds is 4. The quantitative estimate of drug-likeness (QED) is 0.503. The SMILES string of the molecule is Clc1ccc(-c2csc(SCc3ccccc3Cl)n2)cc1. The Balaban J connectivity index is 1.71. The molecule has 0 radical (unpaired) electrons. The lowest BCUT2D eigenvalue weighted by molar-refractivity contribution is 1.24. The third kappa shape index (κ3) is 3.80. The third-order valence-electron chi connectivity index (χ3n) is 2.93. The maximum absolute atomic E-state index is 6.16. The Kier molecular flexibility index (Phi) is 4.86. The van der Waals surface area contributed by atoms with Gasteiger partial charge >= 0.3 is 0 Å². The summed E-state index contributed by atoms with van der Waals surface area (Å²) in [5.41, 5.74) is 3.20. The minimum Gasteiger partial charge on any atom is -0.230 e. The van der Waals surface area contributed by atoms with Gasteiger partial charge in [0, 0.05) is 26.7 Å². The van der Waals surface area contributed by atoms with Crippen molar-refractivity contribution in [3.05, 3.63) is 69.5 Å². The van der Waals surface area contributed by atoms with Gasteiger partial charge in [0.1, 0.15) is 0 Å². The Morgan fingerprint density at radius 2 is 1.76 bits per heavy atom. The van der Waals surface area contributed by atoms with Gasteiger partial charge in [-0.15, -0.1) is 11.3 Å². The summed E-state index contributed by atoms with van der Waals surface area (Å²) in [6, 6.07) is 15.6. The molecular weight excluding hydrogens is 341 g/mol. The van der Waals surface area contributed by atoms with E-state index in [1.165, 1.54) is 0 Å². The van der Waals surface area contributed by atoms with Gasteiger partial charge in [0.15, 0.2) is 4.34 Å². The zero-order valence-corrected chi connectivity index (χ0v) is 14.1. The summed E-state index contributed by atoms with van der Waals surface area (Å²) in [6.07, 6.45) is 0. The van der Waals surface area contributed by atoms with Crippen LogP contribution in [-0.2, 0) is 5.75 Å². The molecule has 1 aromatic heterocycles. The zero-order valence-electron chi connectivity index (χ0n) is 10.9. The molecule has 0 aliphatic heterocycles. The molecule has 0 saturated carbocycles. The van der Waals surface area contributed by atoms with E-state index in [9.17, 15) is 0 Å². The van der Waals surface area contributed by atoms with E-state index >= 15 is 0 Å². The zero-order chi connectivity index (χ0) is 14.7. The lowest BCUT2D eigenvalue weighted by Crippen LogP contribution is -1.82. The van der Waals surface area contributed by atoms with Crippen LogP contribution < -0.4 is 0 Å². The second-order valence-corrected chi connectivity index (χ2v) is 7.31. The van der Waals surface area contributed by atoms with Gasteiger partial charge in [-0.25, -0.2) is 4.98 Å². The summed E-state index contributed by atoms with van der Waals surface area (Å²) >= 11 is 15.4. The molecule has 0 aliphatic carbocycles. The van der Waals surface area contributed by atoms with E-state index in [4.69, 9.17) is 23.2 Å². The van der Waals surface area contributed by atoms with E-state index in [0.717, 1.165) is 37.0 Å². The first-order chi connectivity index (χ1) is 10.2. The molecule has 0 N–H and O–H groups in total. The molecule has 0 atom stereocenters. The van der Waals surface area contributed by atoms with Crippen LogP contribution in [0.1, 0.15) is 5.56 Å². The fourth-order valence-electron chi connectivity index (χ4n) is 1.83. The number of halogens is 2. The number of nitrogens with zero attached hydrogens (tertiary/aromatic N) is 1. The second kappa shape index (κ2) is 6.84. The monoisotopic (exact) mass is 351 g/mol. The highest BCUT2D eigenvalue weighted by Crippen LogP contribution is 2.32. The van der Waals surface area contributed by atoms with Gasteiger partial charge in [-0.3, -0.25) is 0 Å². The van der Waals surface area contributed by atoms with Gasteiger partial charge in [-0.1, -0.05) is 65.3 Å². The smallest absolute Gasteiger partial charge is 0.150 e. The molecule has 5 heteroatoms. The minimum atomic E-state index is 0.738. The highest BCUT2D eigenvalue weighted by molar-refractivity contribution is 8.00. The van der Waals surface area contributed by atoms with Crippen LogP contribution in [0.2, 0.25) is 10.0 Å². The molecule has 2 aromatic carbocycles. The van der Waals surface area contributed by atoms with Crippen LogP contribution in [0.4, 0.5) is 0 Å². The summed E-state index contributed by atoms with van der Waals surface area (Å²) in [4.78, 5) is 4.65. The van der Waals surface area contributed by atoms with Crippen molar-refractivity contribution in [1.29, 1.82) is 0 Å². The van der Waals surface area contributed by atoms with Crippen LogP contribution in [0.25, 0.3) is 11.3 Å². The van der Waals surface area contributed by atoms with Crippen molar-refractivity contribution in [1.82, 2.24) is 4.98 Å². The molecule has 1 nitrogen and oxygen atoms in total. The number of thiazole rings is 1. The molecule has 106 valence electrons. The number of thioether (sulfide) groups is 1. The maximum Gasteiger partial charge on any atom is 0.150 e. The summed E-state index contributed by atoms with van der Waals surface area (Å²) < 4.78 is 1.04. The van der Waals surface area contributed by atoms with Crippen molar-refractivity contribution in [2.75, 3.05) is 0 Å². The van der Waals surface area contributed by atoms with E-state index in [-0.39, 0.29) is 0 Å². The Morgan fingerprint density at radius 3 is 2.52 bits per heavy atom. The van der Waals surface area contributed by atoms with E-state index < -0.39 is 0 Å². The standard InChI is InChI=1S/C16H11Cl2NS2/c17-13-7-5-11(6-8-13)15-10-21-16(19-15)20-9-12-3-1-2-4-14(12)18/h1-8,10H,9H2. The van der Waals surface area contributed by atoms with Gasteiger partial charge in [-0.05, 0) is 23.8 Å². The molecular formula is C16H11Cl2NS2. The summed E-state index contributed by atoms with van der Waals surface area (Å²) in [7, 11) is 0. The first-order valence-corrected chi connectivity index (χ1v) is 8.92. The summed E-state index contributed by atoms with van der Waals surface area (Å²) in [6.45, 7) is 0. The van der Waals surface area contributed by atoms with Crippen LogP contribution in [0.3, 0.4) is 0 Å². The molecule has 0 bridgehead atoms. The normalized spacial score (nSPS) is 10.8. The van der Waals surface area contributed by atoms with Crippen LogP contribution in [0, 0.1) is 0 Å². The van der Waals surface area contributed by atoms with E-state index in [1.807, 2.05) is 48.5 Å². The molecule has 0 fully saturated rings. The fraction of sp³-hybridized carbons (Fsp3) is 0.0625. The van der Waals surface area contributed by atoms with Crippen molar-refractivity contribution in [2.45, 2.75) is 10.1 Å². The molecule has 3 rings (SSSR count). The maximum atomic E-state index is 6.16. The largest absolute Gasteiger partial charge is 0.230 e. The fourth-order valence-corrected chi connectivity index (χ4v) is 4.08. The van der Waals surface area contributed by atoms with Gasteiger partial charge in [0.25, 0.3) is 0 Å². The first kappa shape index (κ1) is 14.9. The second-order valence-electron chi connectivity index (χ2n) is 4.39. The Labute approximate surface area is 142 Å². The molecule has 0 aliphatic rings.